The molecule has 21 heavy (non-hydrogen) atoms. The van der Waals surface area contributed by atoms with Gasteiger partial charge >= 0.3 is 0 Å². The van der Waals surface area contributed by atoms with E-state index in [1.807, 2.05) is 12.4 Å². The molecule has 2 aliphatic rings. The molecule has 3 heterocycles. The Morgan fingerprint density at radius 1 is 1.24 bits per heavy atom. The minimum Gasteiger partial charge on any atom is -0.492 e. The molecule has 1 N–H and O–H groups in total. The maximum Gasteiger partial charge on any atom is 0.139 e. The molecule has 0 spiro atoms. The highest BCUT2D eigenvalue weighted by molar-refractivity contribution is 5.48. The molecule has 0 aromatic carbocycles. The SMILES string of the molecule is c1ncc(N2CCCNCC2)cc1OCC1CCOCC1. The first kappa shape index (κ1) is 14.6. The number of nitrogens with one attached hydrogen (secondary N) is 1. The van der Waals surface area contributed by atoms with Crippen LogP contribution >= 0.6 is 0 Å². The van der Waals surface area contributed by atoms with Crippen molar-refractivity contribution in [2.45, 2.75) is 19.3 Å². The van der Waals surface area contributed by atoms with Gasteiger partial charge in [0.05, 0.1) is 24.7 Å². The van der Waals surface area contributed by atoms with Gasteiger partial charge in [-0.05, 0) is 31.7 Å². The smallest absolute Gasteiger partial charge is 0.139 e. The molecule has 1 aromatic heterocycles. The topological polar surface area (TPSA) is 46.6 Å². The van der Waals surface area contributed by atoms with Crippen molar-refractivity contribution in [1.29, 1.82) is 0 Å². The van der Waals surface area contributed by atoms with Crippen LogP contribution in [0.3, 0.4) is 0 Å². The molecule has 2 aliphatic heterocycles. The van der Waals surface area contributed by atoms with E-state index in [0.29, 0.717) is 5.92 Å². The van der Waals surface area contributed by atoms with Crippen molar-refractivity contribution >= 4 is 5.69 Å². The molecule has 0 radical (unpaired) electrons. The first-order valence-corrected chi connectivity index (χ1v) is 8.03. The Morgan fingerprint density at radius 2 is 2.14 bits per heavy atom. The minimum atomic E-state index is 0.616. The highest BCUT2D eigenvalue weighted by atomic mass is 16.5. The zero-order chi connectivity index (χ0) is 14.3. The Kier molecular flexibility index (Phi) is 5.29. The molecule has 0 atom stereocenters. The lowest BCUT2D eigenvalue weighted by Crippen LogP contribution is -2.28. The van der Waals surface area contributed by atoms with Crippen LogP contribution in [0.15, 0.2) is 18.5 Å². The molecular formula is C16H25N3O2. The molecule has 2 fully saturated rings. The van der Waals surface area contributed by atoms with Gasteiger partial charge in [-0.1, -0.05) is 0 Å². The molecule has 116 valence electrons. The maximum atomic E-state index is 5.95. The van der Waals surface area contributed by atoms with E-state index in [0.717, 1.165) is 64.6 Å². The summed E-state index contributed by atoms with van der Waals surface area (Å²) in [7, 11) is 0. The fraction of sp³-hybridized carbons (Fsp3) is 0.688. The monoisotopic (exact) mass is 291 g/mol. The van der Waals surface area contributed by atoms with Crippen LogP contribution in [0.1, 0.15) is 19.3 Å². The third-order valence-corrected chi connectivity index (χ3v) is 4.23. The van der Waals surface area contributed by atoms with Gasteiger partial charge < -0.3 is 19.7 Å². The number of anilines is 1. The normalized spacial score (nSPS) is 21.0. The van der Waals surface area contributed by atoms with E-state index in [1.165, 1.54) is 12.1 Å². The molecule has 0 aliphatic carbocycles. The van der Waals surface area contributed by atoms with Gasteiger partial charge in [0.25, 0.3) is 0 Å². The van der Waals surface area contributed by atoms with Crippen LogP contribution in [-0.2, 0) is 4.74 Å². The largest absolute Gasteiger partial charge is 0.492 e. The van der Waals surface area contributed by atoms with Gasteiger partial charge in [-0.25, -0.2) is 0 Å². The van der Waals surface area contributed by atoms with Crippen molar-refractivity contribution in [3.05, 3.63) is 18.5 Å². The van der Waals surface area contributed by atoms with Crippen molar-refractivity contribution in [3.8, 4) is 5.75 Å². The van der Waals surface area contributed by atoms with E-state index in [1.54, 1.807) is 0 Å². The summed E-state index contributed by atoms with van der Waals surface area (Å²) in [5.74, 6) is 1.50. The minimum absolute atomic E-state index is 0.616. The lowest BCUT2D eigenvalue weighted by Gasteiger charge is -2.24. The van der Waals surface area contributed by atoms with Crippen LogP contribution < -0.4 is 15.0 Å². The number of ether oxygens (including phenoxy) is 2. The van der Waals surface area contributed by atoms with Crippen molar-refractivity contribution in [1.82, 2.24) is 10.3 Å². The first-order valence-electron chi connectivity index (χ1n) is 8.03. The second-order valence-electron chi connectivity index (χ2n) is 5.84. The van der Waals surface area contributed by atoms with E-state index >= 15 is 0 Å². The van der Waals surface area contributed by atoms with Crippen molar-refractivity contribution in [3.63, 3.8) is 0 Å². The third-order valence-electron chi connectivity index (χ3n) is 4.23. The second kappa shape index (κ2) is 7.61. The molecule has 5 nitrogen and oxygen atoms in total. The number of aromatic nitrogens is 1. The molecule has 0 unspecified atom stereocenters. The summed E-state index contributed by atoms with van der Waals surface area (Å²) in [4.78, 5) is 6.73. The lowest BCUT2D eigenvalue weighted by molar-refractivity contribution is 0.0497. The highest BCUT2D eigenvalue weighted by Crippen LogP contribution is 2.22. The number of hydrogen-bond acceptors (Lipinski definition) is 5. The maximum absolute atomic E-state index is 5.95. The number of hydrogen-bond donors (Lipinski definition) is 1. The Bertz CT molecular complexity index is 427. The molecule has 5 heteroatoms. The fourth-order valence-corrected chi connectivity index (χ4v) is 2.89. The van der Waals surface area contributed by atoms with Gasteiger partial charge in [-0.15, -0.1) is 0 Å². The molecule has 0 bridgehead atoms. The quantitative estimate of drug-likeness (QED) is 0.914. The van der Waals surface area contributed by atoms with Crippen LogP contribution in [0.5, 0.6) is 5.75 Å². The average molecular weight is 291 g/mol. The van der Waals surface area contributed by atoms with Crippen LogP contribution in [0.2, 0.25) is 0 Å². The Labute approximate surface area is 126 Å². The zero-order valence-corrected chi connectivity index (χ0v) is 12.6. The van der Waals surface area contributed by atoms with Gasteiger partial charge in [0.2, 0.25) is 0 Å². The summed E-state index contributed by atoms with van der Waals surface area (Å²) in [6.45, 7) is 6.76. The van der Waals surface area contributed by atoms with Crippen molar-refractivity contribution in [2.75, 3.05) is 50.9 Å². The Balaban J connectivity index is 1.56. The van der Waals surface area contributed by atoms with E-state index in [4.69, 9.17) is 9.47 Å². The van der Waals surface area contributed by atoms with E-state index in [-0.39, 0.29) is 0 Å². The van der Waals surface area contributed by atoms with Crippen LogP contribution in [0.25, 0.3) is 0 Å². The zero-order valence-electron chi connectivity index (χ0n) is 12.6. The fourth-order valence-electron chi connectivity index (χ4n) is 2.89. The molecule has 3 rings (SSSR count). The van der Waals surface area contributed by atoms with Crippen molar-refractivity contribution < 1.29 is 9.47 Å². The summed E-state index contributed by atoms with van der Waals surface area (Å²) >= 11 is 0. The van der Waals surface area contributed by atoms with E-state index in [9.17, 15) is 0 Å². The first-order chi connectivity index (χ1) is 10.4. The van der Waals surface area contributed by atoms with Crippen molar-refractivity contribution in [2.24, 2.45) is 5.92 Å². The number of pyridine rings is 1. The summed E-state index contributed by atoms with van der Waals surface area (Å²) in [5.41, 5.74) is 1.17. The Hall–Kier alpha value is -1.33. The van der Waals surface area contributed by atoms with Gasteiger partial charge in [-0.3, -0.25) is 4.98 Å². The number of nitrogens with zero attached hydrogens (tertiary/aromatic N) is 2. The summed E-state index contributed by atoms with van der Waals surface area (Å²) in [5, 5.41) is 3.42. The third kappa shape index (κ3) is 4.32. The van der Waals surface area contributed by atoms with E-state index < -0.39 is 0 Å². The highest BCUT2D eigenvalue weighted by Gasteiger charge is 2.15. The van der Waals surface area contributed by atoms with Gasteiger partial charge in [0, 0.05) is 38.9 Å². The molecule has 0 saturated carbocycles. The summed E-state index contributed by atoms with van der Waals surface area (Å²) in [6, 6.07) is 2.12. The predicted octanol–water partition coefficient (Wildman–Crippen LogP) is 1.69. The average Bonchev–Trinajstić information content (AvgIpc) is 2.83. The standard InChI is InChI=1S/C16H25N3O2/c1-4-17-5-7-19(6-1)15-10-16(12-18-11-15)21-13-14-2-8-20-9-3-14/h10-12,14,17H,1-9,13H2. The van der Waals surface area contributed by atoms with Crippen LogP contribution in [-0.4, -0.2) is 51.0 Å². The molecule has 2 saturated heterocycles. The lowest BCUT2D eigenvalue weighted by atomic mass is 10.0. The van der Waals surface area contributed by atoms with Gasteiger partial charge in [0.1, 0.15) is 5.75 Å². The molecular weight excluding hydrogens is 266 g/mol. The summed E-state index contributed by atoms with van der Waals surface area (Å²) < 4.78 is 11.3. The second-order valence-corrected chi connectivity index (χ2v) is 5.84. The van der Waals surface area contributed by atoms with E-state index in [2.05, 4.69) is 21.3 Å². The van der Waals surface area contributed by atoms with Crippen LogP contribution in [0, 0.1) is 5.92 Å². The van der Waals surface area contributed by atoms with Gasteiger partial charge in [-0.2, -0.15) is 0 Å². The predicted molar refractivity (Wildman–Crippen MR) is 83.0 cm³/mol. The van der Waals surface area contributed by atoms with Crippen LogP contribution in [0.4, 0.5) is 5.69 Å². The molecule has 0 amide bonds. The van der Waals surface area contributed by atoms with Gasteiger partial charge in [0.15, 0.2) is 0 Å². The number of rotatable bonds is 4. The molecule has 1 aromatic rings. The summed E-state index contributed by atoms with van der Waals surface area (Å²) in [6.07, 6.45) is 7.13. The Morgan fingerprint density at radius 3 is 3.05 bits per heavy atom.